The van der Waals surface area contributed by atoms with Crippen LogP contribution >= 0.6 is 15.9 Å². The Hall–Kier alpha value is -2.86. The number of hydrogen-bond donors (Lipinski definition) is 2. The molecule has 0 bridgehead atoms. The molecule has 0 aliphatic heterocycles. The number of ether oxygens (including phenoxy) is 1. The zero-order valence-corrected chi connectivity index (χ0v) is 18.9. The van der Waals surface area contributed by atoms with Crippen LogP contribution in [0.2, 0.25) is 0 Å². The van der Waals surface area contributed by atoms with Crippen LogP contribution in [0.5, 0.6) is 5.75 Å². The van der Waals surface area contributed by atoms with Gasteiger partial charge in [0.1, 0.15) is 5.75 Å². The van der Waals surface area contributed by atoms with Crippen molar-refractivity contribution < 1.29 is 14.3 Å². The summed E-state index contributed by atoms with van der Waals surface area (Å²) in [6.45, 7) is 5.92. The van der Waals surface area contributed by atoms with Crippen molar-refractivity contribution in [3.05, 3.63) is 75.8 Å². The standard InChI is InChI=1S/C24H25BrN2O3/c1-15(2)20-13-21(25)16(3)11-22(20)30-14-24(29)27-26-23(28)12-18-9-6-8-17-7-4-5-10-19(17)18/h4-11,13,15H,12,14H2,1-3H3,(H,26,28)(H,27,29). The smallest absolute Gasteiger partial charge is 0.276 e. The highest BCUT2D eigenvalue weighted by Gasteiger charge is 2.13. The molecule has 3 rings (SSSR count). The molecule has 3 aromatic carbocycles. The molecule has 0 aromatic heterocycles. The lowest BCUT2D eigenvalue weighted by molar-refractivity contribution is -0.129. The van der Waals surface area contributed by atoms with E-state index in [1.54, 1.807) is 0 Å². The molecule has 2 N–H and O–H groups in total. The molecule has 0 aliphatic rings. The van der Waals surface area contributed by atoms with Gasteiger partial charge in [-0.05, 0) is 52.4 Å². The molecule has 30 heavy (non-hydrogen) atoms. The summed E-state index contributed by atoms with van der Waals surface area (Å²) in [7, 11) is 0. The van der Waals surface area contributed by atoms with Crippen molar-refractivity contribution in [2.75, 3.05) is 6.61 Å². The first-order valence-corrected chi connectivity index (χ1v) is 10.6. The van der Waals surface area contributed by atoms with Crippen molar-refractivity contribution in [2.24, 2.45) is 0 Å². The quantitative estimate of drug-likeness (QED) is 0.510. The third kappa shape index (κ3) is 5.39. The largest absolute Gasteiger partial charge is 0.483 e. The van der Waals surface area contributed by atoms with Crippen LogP contribution in [0, 0.1) is 6.92 Å². The Morgan fingerprint density at radius 2 is 1.70 bits per heavy atom. The van der Waals surface area contributed by atoms with E-state index in [0.717, 1.165) is 31.9 Å². The van der Waals surface area contributed by atoms with Crippen LogP contribution in [0.1, 0.15) is 36.5 Å². The summed E-state index contributed by atoms with van der Waals surface area (Å²) in [6.07, 6.45) is 0.173. The van der Waals surface area contributed by atoms with Crippen LogP contribution in [-0.4, -0.2) is 18.4 Å². The number of nitrogens with one attached hydrogen (secondary N) is 2. The number of aryl methyl sites for hydroxylation is 1. The van der Waals surface area contributed by atoms with E-state index in [1.165, 1.54) is 0 Å². The van der Waals surface area contributed by atoms with Gasteiger partial charge in [-0.3, -0.25) is 20.4 Å². The van der Waals surface area contributed by atoms with E-state index in [1.807, 2.05) is 61.5 Å². The highest BCUT2D eigenvalue weighted by Crippen LogP contribution is 2.32. The lowest BCUT2D eigenvalue weighted by Gasteiger charge is -2.16. The molecule has 5 nitrogen and oxygen atoms in total. The second kappa shape index (κ2) is 9.76. The van der Waals surface area contributed by atoms with Gasteiger partial charge in [-0.25, -0.2) is 0 Å². The lowest BCUT2D eigenvalue weighted by atomic mass is 10.0. The Morgan fingerprint density at radius 1 is 1.00 bits per heavy atom. The molecule has 156 valence electrons. The molecule has 0 spiro atoms. The predicted octanol–water partition coefficient (Wildman–Crippen LogP) is 4.80. The van der Waals surface area contributed by atoms with Crippen LogP contribution in [-0.2, 0) is 16.0 Å². The van der Waals surface area contributed by atoms with E-state index in [2.05, 4.69) is 40.6 Å². The maximum absolute atomic E-state index is 12.3. The average Bonchev–Trinajstić information content (AvgIpc) is 2.73. The molecule has 0 saturated carbocycles. The molecule has 6 heteroatoms. The minimum absolute atomic E-state index is 0.173. The maximum Gasteiger partial charge on any atom is 0.276 e. The van der Waals surface area contributed by atoms with Crippen LogP contribution < -0.4 is 15.6 Å². The molecule has 0 atom stereocenters. The first kappa shape index (κ1) is 21.8. The zero-order chi connectivity index (χ0) is 21.7. The van der Waals surface area contributed by atoms with E-state index < -0.39 is 5.91 Å². The minimum Gasteiger partial charge on any atom is -0.483 e. The van der Waals surface area contributed by atoms with Gasteiger partial charge in [0.15, 0.2) is 6.61 Å². The number of carbonyl (C=O) groups is 2. The van der Waals surface area contributed by atoms with Gasteiger partial charge in [0, 0.05) is 4.47 Å². The van der Waals surface area contributed by atoms with Crippen molar-refractivity contribution in [1.82, 2.24) is 10.9 Å². The van der Waals surface area contributed by atoms with E-state index in [-0.39, 0.29) is 24.9 Å². The van der Waals surface area contributed by atoms with Gasteiger partial charge < -0.3 is 4.74 Å². The van der Waals surface area contributed by atoms with E-state index in [0.29, 0.717) is 5.75 Å². The van der Waals surface area contributed by atoms with Gasteiger partial charge in [0.05, 0.1) is 6.42 Å². The van der Waals surface area contributed by atoms with Gasteiger partial charge in [-0.1, -0.05) is 72.2 Å². The molecule has 0 unspecified atom stereocenters. The zero-order valence-electron chi connectivity index (χ0n) is 17.3. The highest BCUT2D eigenvalue weighted by atomic mass is 79.9. The molecule has 0 aliphatic carbocycles. The number of halogens is 1. The Balaban J connectivity index is 1.55. The monoisotopic (exact) mass is 468 g/mol. The van der Waals surface area contributed by atoms with Crippen molar-refractivity contribution in [3.63, 3.8) is 0 Å². The maximum atomic E-state index is 12.3. The van der Waals surface area contributed by atoms with E-state index >= 15 is 0 Å². The van der Waals surface area contributed by atoms with Gasteiger partial charge in [0.2, 0.25) is 5.91 Å². The number of carbonyl (C=O) groups excluding carboxylic acids is 2. The summed E-state index contributed by atoms with van der Waals surface area (Å²) in [4.78, 5) is 24.4. The molecule has 0 fully saturated rings. The molecule has 0 radical (unpaired) electrons. The summed E-state index contributed by atoms with van der Waals surface area (Å²) in [6, 6.07) is 17.7. The Kier molecular flexibility index (Phi) is 7.11. The predicted molar refractivity (Wildman–Crippen MR) is 122 cm³/mol. The molecule has 3 aromatic rings. The SMILES string of the molecule is Cc1cc(OCC(=O)NNC(=O)Cc2cccc3ccccc23)c(C(C)C)cc1Br. The van der Waals surface area contributed by atoms with Crippen molar-refractivity contribution in [2.45, 2.75) is 33.1 Å². The number of fused-ring (bicyclic) bond motifs is 1. The Bertz CT molecular complexity index is 1070. The first-order chi connectivity index (χ1) is 14.3. The van der Waals surface area contributed by atoms with Gasteiger partial charge >= 0.3 is 0 Å². The first-order valence-electron chi connectivity index (χ1n) is 9.82. The molecular formula is C24H25BrN2O3. The lowest BCUT2D eigenvalue weighted by Crippen LogP contribution is -2.44. The molecule has 2 amide bonds. The van der Waals surface area contributed by atoms with Gasteiger partial charge in [-0.15, -0.1) is 0 Å². The van der Waals surface area contributed by atoms with Crippen LogP contribution in [0.25, 0.3) is 10.8 Å². The van der Waals surface area contributed by atoms with Gasteiger partial charge in [0.25, 0.3) is 5.91 Å². The summed E-state index contributed by atoms with van der Waals surface area (Å²) < 4.78 is 6.72. The van der Waals surface area contributed by atoms with Crippen molar-refractivity contribution in [3.8, 4) is 5.75 Å². The fourth-order valence-corrected chi connectivity index (χ4v) is 3.59. The van der Waals surface area contributed by atoms with Crippen LogP contribution in [0.3, 0.4) is 0 Å². The fraction of sp³-hybridized carbons (Fsp3) is 0.250. The Morgan fingerprint density at radius 3 is 2.47 bits per heavy atom. The van der Waals surface area contributed by atoms with Crippen LogP contribution in [0.4, 0.5) is 0 Å². The summed E-state index contributed by atoms with van der Waals surface area (Å²) in [5.41, 5.74) is 7.83. The summed E-state index contributed by atoms with van der Waals surface area (Å²) >= 11 is 3.53. The second-order valence-corrected chi connectivity index (χ2v) is 8.35. The topological polar surface area (TPSA) is 67.4 Å². The number of amides is 2. The van der Waals surface area contributed by atoms with Crippen molar-refractivity contribution in [1.29, 1.82) is 0 Å². The average molecular weight is 469 g/mol. The van der Waals surface area contributed by atoms with Crippen molar-refractivity contribution >= 4 is 38.5 Å². The molecule has 0 saturated heterocycles. The number of hydrogen-bond acceptors (Lipinski definition) is 3. The van der Waals surface area contributed by atoms with Gasteiger partial charge in [-0.2, -0.15) is 0 Å². The number of benzene rings is 3. The number of rotatable bonds is 6. The number of hydrazine groups is 1. The fourth-order valence-electron chi connectivity index (χ4n) is 3.23. The second-order valence-electron chi connectivity index (χ2n) is 7.49. The third-order valence-corrected chi connectivity index (χ3v) is 5.70. The highest BCUT2D eigenvalue weighted by molar-refractivity contribution is 9.10. The summed E-state index contributed by atoms with van der Waals surface area (Å²) in [5, 5.41) is 2.10. The third-order valence-electron chi connectivity index (χ3n) is 4.84. The van der Waals surface area contributed by atoms with Crippen LogP contribution in [0.15, 0.2) is 59.1 Å². The summed E-state index contributed by atoms with van der Waals surface area (Å²) in [5.74, 6) is 0.210. The van der Waals surface area contributed by atoms with E-state index in [9.17, 15) is 9.59 Å². The van der Waals surface area contributed by atoms with E-state index in [4.69, 9.17) is 4.74 Å². The normalized spacial score (nSPS) is 10.8. The minimum atomic E-state index is -0.420. The molecule has 0 heterocycles. The Labute approximate surface area is 184 Å². The molecular weight excluding hydrogens is 444 g/mol.